The Bertz CT molecular complexity index is 1150. The van der Waals surface area contributed by atoms with Gasteiger partial charge in [0.25, 0.3) is 5.91 Å². The number of anilines is 2. The molecule has 3 aromatic rings. The lowest BCUT2D eigenvalue weighted by Gasteiger charge is -2.28. The lowest BCUT2D eigenvalue weighted by molar-refractivity contribution is -0.126. The number of benzene rings is 3. The average molecular weight is 432 g/mol. The lowest BCUT2D eigenvalue weighted by Crippen LogP contribution is -2.37. The first-order valence-corrected chi connectivity index (χ1v) is 10.5. The molecule has 7 heteroatoms. The summed E-state index contributed by atoms with van der Waals surface area (Å²) in [5, 5.41) is 1.55. The molecule has 2 aliphatic rings. The summed E-state index contributed by atoms with van der Waals surface area (Å²) in [4.78, 5) is 34.0. The van der Waals surface area contributed by atoms with Gasteiger partial charge in [0.2, 0.25) is 5.91 Å². The second kappa shape index (κ2) is 8.09. The number of halogens is 1. The normalized spacial score (nSPS) is 22.4. The van der Waals surface area contributed by atoms with Gasteiger partial charge in [-0.05, 0) is 61.0 Å². The van der Waals surface area contributed by atoms with E-state index in [1.54, 1.807) is 41.5 Å². The van der Waals surface area contributed by atoms with Crippen LogP contribution in [0.4, 0.5) is 15.8 Å². The Morgan fingerprint density at radius 2 is 1.66 bits per heavy atom. The molecule has 32 heavy (non-hydrogen) atoms. The third-order valence-corrected chi connectivity index (χ3v) is 5.72. The minimum atomic E-state index is -0.998. The molecule has 3 atom stereocenters. The van der Waals surface area contributed by atoms with Crippen molar-refractivity contribution in [3.05, 3.63) is 90.2 Å². The molecule has 0 aromatic heterocycles. The minimum Gasteiger partial charge on any atom is -0.494 e. The van der Waals surface area contributed by atoms with E-state index < -0.39 is 29.8 Å². The summed E-state index contributed by atoms with van der Waals surface area (Å²) < 4.78 is 19.5. The molecule has 0 radical (unpaired) electrons. The smallest absolute Gasteiger partial charge is 0.266 e. The van der Waals surface area contributed by atoms with Crippen LogP contribution in [0.5, 0.6) is 5.75 Å². The summed E-state index contributed by atoms with van der Waals surface area (Å²) in [7, 11) is 0. The molecule has 0 bridgehead atoms. The number of hydroxylamine groups is 1. The number of para-hydroxylation sites is 1. The average Bonchev–Trinajstić information content (AvgIpc) is 3.31. The van der Waals surface area contributed by atoms with Crippen LogP contribution < -0.4 is 14.7 Å². The van der Waals surface area contributed by atoms with Crippen LogP contribution in [0.25, 0.3) is 0 Å². The van der Waals surface area contributed by atoms with E-state index in [0.717, 1.165) is 4.90 Å². The number of carbonyl (C=O) groups excluding carboxylic acids is 2. The number of hydrogen-bond donors (Lipinski definition) is 0. The number of fused-ring (bicyclic) bond motifs is 1. The topological polar surface area (TPSA) is 59.1 Å². The van der Waals surface area contributed by atoms with Crippen molar-refractivity contribution in [2.45, 2.75) is 19.1 Å². The van der Waals surface area contributed by atoms with Gasteiger partial charge in [-0.25, -0.2) is 14.4 Å². The Morgan fingerprint density at radius 1 is 0.906 bits per heavy atom. The van der Waals surface area contributed by atoms with Gasteiger partial charge in [-0.2, -0.15) is 0 Å². The molecular formula is C25H21FN2O4. The summed E-state index contributed by atoms with van der Waals surface area (Å²) in [5.74, 6) is -1.39. The van der Waals surface area contributed by atoms with Gasteiger partial charge in [-0.1, -0.05) is 30.3 Å². The molecular weight excluding hydrogens is 411 g/mol. The zero-order chi connectivity index (χ0) is 22.2. The predicted molar refractivity (Wildman–Crippen MR) is 117 cm³/mol. The van der Waals surface area contributed by atoms with E-state index in [4.69, 9.17) is 9.57 Å². The highest BCUT2D eigenvalue weighted by Gasteiger charge is 2.60. The number of imide groups is 1. The van der Waals surface area contributed by atoms with Crippen LogP contribution in [-0.4, -0.2) is 24.5 Å². The van der Waals surface area contributed by atoms with E-state index in [0.29, 0.717) is 29.3 Å². The second-order valence-corrected chi connectivity index (χ2v) is 7.65. The van der Waals surface area contributed by atoms with Crippen LogP contribution in [0.3, 0.4) is 0 Å². The molecule has 6 nitrogen and oxygen atoms in total. The van der Waals surface area contributed by atoms with Crippen molar-refractivity contribution >= 4 is 23.2 Å². The van der Waals surface area contributed by atoms with Crippen molar-refractivity contribution in [2.24, 2.45) is 5.92 Å². The Hall–Kier alpha value is -3.71. The molecule has 2 heterocycles. The van der Waals surface area contributed by atoms with Gasteiger partial charge in [0.05, 0.1) is 24.0 Å². The molecule has 0 N–H and O–H groups in total. The van der Waals surface area contributed by atoms with E-state index in [-0.39, 0.29) is 5.91 Å². The highest BCUT2D eigenvalue weighted by molar-refractivity contribution is 6.23. The molecule has 0 spiro atoms. The molecule has 2 saturated heterocycles. The van der Waals surface area contributed by atoms with Crippen molar-refractivity contribution in [3.8, 4) is 5.75 Å². The first-order chi connectivity index (χ1) is 15.6. The van der Waals surface area contributed by atoms with Gasteiger partial charge < -0.3 is 4.74 Å². The Balaban J connectivity index is 1.54. The van der Waals surface area contributed by atoms with Gasteiger partial charge in [0, 0.05) is 0 Å². The van der Waals surface area contributed by atoms with Crippen LogP contribution >= 0.6 is 0 Å². The van der Waals surface area contributed by atoms with Crippen molar-refractivity contribution in [2.75, 3.05) is 16.6 Å². The number of hydrogen-bond acceptors (Lipinski definition) is 5. The van der Waals surface area contributed by atoms with E-state index >= 15 is 0 Å². The van der Waals surface area contributed by atoms with E-state index in [9.17, 15) is 14.0 Å². The van der Waals surface area contributed by atoms with Crippen molar-refractivity contribution in [1.82, 2.24) is 0 Å². The Morgan fingerprint density at radius 3 is 2.34 bits per heavy atom. The van der Waals surface area contributed by atoms with E-state index in [1.165, 1.54) is 12.1 Å². The van der Waals surface area contributed by atoms with Crippen LogP contribution in [0.2, 0.25) is 0 Å². The summed E-state index contributed by atoms with van der Waals surface area (Å²) in [5.41, 5.74) is 1.70. The second-order valence-electron chi connectivity index (χ2n) is 7.65. The molecule has 0 saturated carbocycles. The largest absolute Gasteiger partial charge is 0.494 e. The van der Waals surface area contributed by atoms with Crippen LogP contribution in [-0.2, 0) is 14.4 Å². The standard InChI is InChI=1S/C25H21FN2O4/c1-2-31-20-13-11-18(12-14-20)27-24(29)21-22(16-7-6-8-17(26)15-16)28(32-23(21)25(27)30)19-9-4-3-5-10-19/h3-15,21-23H,2H2,1H3/t21-,22+,23-/m1/s1. The maximum atomic E-state index is 14.1. The summed E-state index contributed by atoms with van der Waals surface area (Å²) in [6.07, 6.45) is -0.998. The molecule has 0 aliphatic carbocycles. The van der Waals surface area contributed by atoms with Crippen molar-refractivity contribution < 1.29 is 23.6 Å². The molecule has 2 aliphatic heterocycles. The van der Waals surface area contributed by atoms with Crippen LogP contribution in [0.1, 0.15) is 18.5 Å². The van der Waals surface area contributed by atoms with Gasteiger partial charge in [-0.15, -0.1) is 0 Å². The molecule has 2 fully saturated rings. The maximum absolute atomic E-state index is 14.1. The first kappa shape index (κ1) is 20.2. The van der Waals surface area contributed by atoms with Gasteiger partial charge in [0.1, 0.15) is 17.5 Å². The summed E-state index contributed by atoms with van der Waals surface area (Å²) in [6.45, 7) is 2.40. The van der Waals surface area contributed by atoms with Crippen molar-refractivity contribution in [3.63, 3.8) is 0 Å². The Labute approximate surface area is 184 Å². The SMILES string of the molecule is CCOc1ccc(N2C(=O)[C@H]3[C@@H](ON(c4ccccc4)[C@H]3c3cccc(F)c3)C2=O)cc1. The minimum absolute atomic E-state index is 0.378. The maximum Gasteiger partial charge on any atom is 0.266 e. The quantitative estimate of drug-likeness (QED) is 0.564. The molecule has 5 rings (SSSR count). The number of rotatable bonds is 5. The highest BCUT2D eigenvalue weighted by atomic mass is 19.1. The lowest BCUT2D eigenvalue weighted by atomic mass is 9.90. The molecule has 3 aromatic carbocycles. The van der Waals surface area contributed by atoms with Crippen molar-refractivity contribution in [1.29, 1.82) is 0 Å². The fourth-order valence-corrected chi connectivity index (χ4v) is 4.36. The molecule has 162 valence electrons. The Kier molecular flexibility index (Phi) is 5.11. The number of nitrogens with zero attached hydrogens (tertiary/aromatic N) is 2. The van der Waals surface area contributed by atoms with E-state index in [1.807, 2.05) is 37.3 Å². The molecule has 2 amide bonds. The van der Waals surface area contributed by atoms with E-state index in [2.05, 4.69) is 0 Å². The number of carbonyl (C=O) groups is 2. The van der Waals surface area contributed by atoms with Gasteiger partial charge >= 0.3 is 0 Å². The highest BCUT2D eigenvalue weighted by Crippen LogP contribution is 2.47. The monoisotopic (exact) mass is 432 g/mol. The zero-order valence-electron chi connectivity index (χ0n) is 17.4. The predicted octanol–water partition coefficient (Wildman–Crippen LogP) is 4.28. The summed E-state index contributed by atoms with van der Waals surface area (Å²) >= 11 is 0. The zero-order valence-corrected chi connectivity index (χ0v) is 17.4. The third kappa shape index (κ3) is 3.31. The number of amides is 2. The number of ether oxygens (including phenoxy) is 1. The fraction of sp³-hybridized carbons (Fsp3) is 0.200. The van der Waals surface area contributed by atoms with Crippen LogP contribution in [0.15, 0.2) is 78.9 Å². The van der Waals surface area contributed by atoms with Crippen LogP contribution in [0, 0.1) is 11.7 Å². The van der Waals surface area contributed by atoms with Gasteiger partial charge in [0.15, 0.2) is 6.10 Å². The third-order valence-electron chi connectivity index (χ3n) is 5.72. The van der Waals surface area contributed by atoms with Gasteiger partial charge in [-0.3, -0.25) is 14.4 Å². The summed E-state index contributed by atoms with van der Waals surface area (Å²) in [6, 6.07) is 21.4. The fourth-order valence-electron chi connectivity index (χ4n) is 4.36. The first-order valence-electron chi connectivity index (χ1n) is 10.5. The molecule has 0 unspecified atom stereocenters.